The maximum absolute atomic E-state index is 12.5. The Hall–Kier alpha value is -2.53. The summed E-state index contributed by atoms with van der Waals surface area (Å²) in [5.41, 5.74) is 2.65. The van der Waals surface area contributed by atoms with E-state index in [0.29, 0.717) is 12.2 Å². The van der Waals surface area contributed by atoms with Gasteiger partial charge in [-0.3, -0.25) is 4.79 Å². The van der Waals surface area contributed by atoms with E-state index < -0.39 is 0 Å². The smallest absolute Gasteiger partial charge is 0.255 e. The van der Waals surface area contributed by atoms with E-state index >= 15 is 0 Å². The van der Waals surface area contributed by atoms with Crippen molar-refractivity contribution in [2.75, 3.05) is 36.5 Å². The summed E-state index contributed by atoms with van der Waals surface area (Å²) in [5.74, 6) is 0.648. The van der Waals surface area contributed by atoms with Crippen molar-refractivity contribution < 1.29 is 14.3 Å². The van der Waals surface area contributed by atoms with E-state index in [2.05, 4.69) is 22.3 Å². The molecule has 2 heterocycles. The van der Waals surface area contributed by atoms with Crippen LogP contribution < -0.4 is 15.0 Å². The maximum atomic E-state index is 12.5. The van der Waals surface area contributed by atoms with E-state index in [4.69, 9.17) is 9.47 Å². The first-order valence-electron chi connectivity index (χ1n) is 10.3. The van der Waals surface area contributed by atoms with Crippen LogP contribution in [0.3, 0.4) is 0 Å². The summed E-state index contributed by atoms with van der Waals surface area (Å²) in [5, 5.41) is 2.97. The molecule has 2 aromatic rings. The fraction of sp³-hybridized carbons (Fsp3) is 0.435. The molecule has 0 saturated carbocycles. The molecule has 0 bridgehead atoms. The second-order valence-electron chi connectivity index (χ2n) is 7.52. The molecular weight excluding hydrogens is 352 g/mol. The van der Waals surface area contributed by atoms with Crippen molar-refractivity contribution in [1.82, 2.24) is 0 Å². The van der Waals surface area contributed by atoms with Crippen LogP contribution in [0.5, 0.6) is 5.75 Å². The van der Waals surface area contributed by atoms with Crippen LogP contribution in [-0.2, 0) is 4.74 Å². The highest BCUT2D eigenvalue weighted by Gasteiger charge is 2.16. The zero-order chi connectivity index (χ0) is 19.2. The van der Waals surface area contributed by atoms with Gasteiger partial charge in [-0.25, -0.2) is 0 Å². The molecule has 0 aliphatic carbocycles. The van der Waals surface area contributed by atoms with Gasteiger partial charge in [0, 0.05) is 36.6 Å². The van der Waals surface area contributed by atoms with Crippen LogP contribution in [0.1, 0.15) is 42.5 Å². The number of anilines is 2. The van der Waals surface area contributed by atoms with Gasteiger partial charge in [-0.2, -0.15) is 0 Å². The Labute approximate surface area is 166 Å². The van der Waals surface area contributed by atoms with Gasteiger partial charge in [0.25, 0.3) is 5.91 Å². The topological polar surface area (TPSA) is 50.8 Å². The number of rotatable bonds is 6. The van der Waals surface area contributed by atoms with Gasteiger partial charge in [0.1, 0.15) is 12.4 Å². The van der Waals surface area contributed by atoms with Crippen LogP contribution in [0.15, 0.2) is 48.5 Å². The summed E-state index contributed by atoms with van der Waals surface area (Å²) < 4.78 is 11.3. The maximum Gasteiger partial charge on any atom is 0.255 e. The first-order valence-corrected chi connectivity index (χ1v) is 10.3. The number of nitrogens with one attached hydrogen (secondary N) is 1. The lowest BCUT2D eigenvalue weighted by atomic mass is 10.1. The van der Waals surface area contributed by atoms with Crippen molar-refractivity contribution in [2.24, 2.45) is 0 Å². The van der Waals surface area contributed by atoms with E-state index in [0.717, 1.165) is 44.0 Å². The highest BCUT2D eigenvalue weighted by Crippen LogP contribution is 2.22. The molecule has 5 nitrogen and oxygen atoms in total. The molecule has 28 heavy (non-hydrogen) atoms. The zero-order valence-electron chi connectivity index (χ0n) is 16.2. The number of carbonyl (C=O) groups is 1. The third kappa shape index (κ3) is 4.84. The summed E-state index contributed by atoms with van der Waals surface area (Å²) in [6.45, 7) is 3.63. The molecular formula is C23H28N2O3. The highest BCUT2D eigenvalue weighted by molar-refractivity contribution is 6.04. The van der Waals surface area contributed by atoms with E-state index in [1.165, 1.54) is 24.9 Å². The average Bonchev–Trinajstić information content (AvgIpc) is 3.27. The first kappa shape index (κ1) is 18.8. The predicted octanol–water partition coefficient (Wildman–Crippen LogP) is 4.49. The number of carbonyl (C=O) groups excluding carboxylic acids is 1. The Morgan fingerprint density at radius 1 is 1.00 bits per heavy atom. The molecule has 1 N–H and O–H groups in total. The average molecular weight is 380 g/mol. The summed E-state index contributed by atoms with van der Waals surface area (Å²) >= 11 is 0. The van der Waals surface area contributed by atoms with E-state index in [9.17, 15) is 4.79 Å². The Morgan fingerprint density at radius 3 is 2.43 bits per heavy atom. The molecule has 1 atom stereocenters. The van der Waals surface area contributed by atoms with Gasteiger partial charge in [0.15, 0.2) is 0 Å². The quantitative estimate of drug-likeness (QED) is 0.802. The molecule has 0 aromatic heterocycles. The number of ether oxygens (including phenoxy) is 2. The third-order valence-corrected chi connectivity index (χ3v) is 5.42. The lowest BCUT2D eigenvalue weighted by Crippen LogP contribution is -2.29. The Morgan fingerprint density at radius 2 is 1.75 bits per heavy atom. The van der Waals surface area contributed by atoms with Gasteiger partial charge in [0.05, 0.1) is 6.10 Å². The van der Waals surface area contributed by atoms with Crippen LogP contribution in [0.4, 0.5) is 11.4 Å². The van der Waals surface area contributed by atoms with Crippen LogP contribution in [0.2, 0.25) is 0 Å². The molecule has 0 unspecified atom stereocenters. The molecule has 2 fully saturated rings. The second kappa shape index (κ2) is 9.11. The van der Waals surface area contributed by atoms with Gasteiger partial charge in [0.2, 0.25) is 0 Å². The molecule has 1 amide bonds. The van der Waals surface area contributed by atoms with E-state index in [1.54, 1.807) is 12.1 Å². The normalized spacial score (nSPS) is 19.4. The molecule has 148 valence electrons. The van der Waals surface area contributed by atoms with Crippen molar-refractivity contribution >= 4 is 17.3 Å². The van der Waals surface area contributed by atoms with Gasteiger partial charge < -0.3 is 19.7 Å². The van der Waals surface area contributed by atoms with Gasteiger partial charge in [-0.1, -0.05) is 0 Å². The molecule has 2 aliphatic heterocycles. The minimum atomic E-state index is -0.114. The standard InChI is InChI=1S/C23H28N2O3/c26-23(18-6-12-21(13-7-18)28-17-22-5-4-16-27-22)24-19-8-10-20(11-9-19)25-14-2-1-3-15-25/h6-13,22H,1-5,14-17H2,(H,24,26)/t22-/m1/s1. The number of amides is 1. The minimum absolute atomic E-state index is 0.114. The lowest BCUT2D eigenvalue weighted by molar-refractivity contribution is 0.0679. The molecule has 0 radical (unpaired) electrons. The molecule has 2 saturated heterocycles. The predicted molar refractivity (Wildman–Crippen MR) is 111 cm³/mol. The largest absolute Gasteiger partial charge is 0.491 e. The molecule has 0 spiro atoms. The monoisotopic (exact) mass is 380 g/mol. The molecule has 4 rings (SSSR count). The van der Waals surface area contributed by atoms with Gasteiger partial charge in [-0.15, -0.1) is 0 Å². The minimum Gasteiger partial charge on any atom is -0.491 e. The number of benzene rings is 2. The summed E-state index contributed by atoms with van der Waals surface area (Å²) in [6, 6.07) is 15.4. The molecule has 2 aromatic carbocycles. The van der Waals surface area contributed by atoms with Crippen LogP contribution in [-0.4, -0.2) is 38.3 Å². The number of nitrogens with zero attached hydrogens (tertiary/aromatic N) is 1. The highest BCUT2D eigenvalue weighted by atomic mass is 16.5. The Bertz CT molecular complexity index is 761. The van der Waals surface area contributed by atoms with Crippen molar-refractivity contribution in [3.63, 3.8) is 0 Å². The fourth-order valence-electron chi connectivity index (χ4n) is 3.78. The molecule has 2 aliphatic rings. The van der Waals surface area contributed by atoms with Crippen molar-refractivity contribution in [1.29, 1.82) is 0 Å². The van der Waals surface area contributed by atoms with Crippen molar-refractivity contribution in [3.05, 3.63) is 54.1 Å². The van der Waals surface area contributed by atoms with Crippen LogP contribution in [0.25, 0.3) is 0 Å². The van der Waals surface area contributed by atoms with Crippen LogP contribution in [0, 0.1) is 0 Å². The van der Waals surface area contributed by atoms with Crippen molar-refractivity contribution in [3.8, 4) is 5.75 Å². The van der Waals surface area contributed by atoms with E-state index in [-0.39, 0.29) is 12.0 Å². The second-order valence-corrected chi connectivity index (χ2v) is 7.52. The first-order chi connectivity index (χ1) is 13.8. The lowest BCUT2D eigenvalue weighted by Gasteiger charge is -2.28. The van der Waals surface area contributed by atoms with Gasteiger partial charge in [-0.05, 0) is 80.6 Å². The SMILES string of the molecule is O=C(Nc1ccc(N2CCCCC2)cc1)c1ccc(OC[C@H]2CCCO2)cc1. The number of piperidine rings is 1. The van der Waals surface area contributed by atoms with E-state index in [1.807, 2.05) is 24.3 Å². The zero-order valence-corrected chi connectivity index (χ0v) is 16.2. The van der Waals surface area contributed by atoms with Crippen molar-refractivity contribution in [2.45, 2.75) is 38.2 Å². The number of hydrogen-bond acceptors (Lipinski definition) is 4. The summed E-state index contributed by atoms with van der Waals surface area (Å²) in [6.07, 6.45) is 6.18. The molecule has 5 heteroatoms. The summed E-state index contributed by atoms with van der Waals surface area (Å²) in [4.78, 5) is 14.9. The number of hydrogen-bond donors (Lipinski definition) is 1. The Kier molecular flexibility index (Phi) is 6.12. The summed E-state index contributed by atoms with van der Waals surface area (Å²) in [7, 11) is 0. The Balaban J connectivity index is 1.30. The third-order valence-electron chi connectivity index (χ3n) is 5.42. The van der Waals surface area contributed by atoms with Gasteiger partial charge >= 0.3 is 0 Å². The fourth-order valence-corrected chi connectivity index (χ4v) is 3.78. The van der Waals surface area contributed by atoms with Crippen LogP contribution >= 0.6 is 0 Å².